The highest BCUT2D eigenvalue weighted by molar-refractivity contribution is 5.94. The zero-order chi connectivity index (χ0) is 19.4. The molecular formula is C20H23FN4O2. The first kappa shape index (κ1) is 18.8. The number of carbonyl (C=O) groups excluding carboxylic acids is 1. The van der Waals surface area contributed by atoms with Gasteiger partial charge in [0.25, 0.3) is 0 Å². The van der Waals surface area contributed by atoms with Gasteiger partial charge in [-0.3, -0.25) is 0 Å². The topological polar surface area (TPSA) is 70.2 Å². The van der Waals surface area contributed by atoms with E-state index < -0.39 is 0 Å². The minimum atomic E-state index is -0.335. The minimum absolute atomic E-state index is 0.159. The number of imidazole rings is 1. The number of nitrogens with one attached hydrogen (secondary N) is 2. The van der Waals surface area contributed by atoms with Gasteiger partial charge in [0.05, 0.1) is 30.5 Å². The molecule has 1 heterocycles. The third-order valence-electron chi connectivity index (χ3n) is 4.69. The molecule has 0 unspecified atom stereocenters. The molecule has 1 aromatic heterocycles. The van der Waals surface area contributed by atoms with Gasteiger partial charge in [0.1, 0.15) is 5.82 Å². The molecule has 2 amide bonds. The summed E-state index contributed by atoms with van der Waals surface area (Å²) in [6.45, 7) is 4.78. The number of nitrogens with zero attached hydrogens (tertiary/aromatic N) is 2. The quantitative estimate of drug-likeness (QED) is 0.689. The number of methoxy groups -OCH3 is 1. The fourth-order valence-corrected chi connectivity index (χ4v) is 2.96. The maximum absolute atomic E-state index is 14.0. The Morgan fingerprint density at radius 2 is 2.07 bits per heavy atom. The Labute approximate surface area is 157 Å². The lowest BCUT2D eigenvalue weighted by atomic mass is 10.1. The van der Waals surface area contributed by atoms with Crippen molar-refractivity contribution in [2.45, 2.75) is 20.4 Å². The lowest BCUT2D eigenvalue weighted by Gasteiger charge is -2.24. The van der Waals surface area contributed by atoms with Gasteiger partial charge in [0.2, 0.25) is 0 Å². The number of carbonyl (C=O) groups is 1. The molecule has 6 nitrogen and oxygen atoms in total. The van der Waals surface area contributed by atoms with Crippen LogP contribution in [0, 0.1) is 19.7 Å². The van der Waals surface area contributed by atoms with Crippen LogP contribution in [0.25, 0.3) is 11.0 Å². The number of aromatic amines is 1. The SMILES string of the molecule is COCCN(Cc1ccccc1F)C(=O)Nc1cc2[nH]cnc2c(C)c1C. The third-order valence-corrected chi connectivity index (χ3v) is 4.69. The molecule has 0 saturated carbocycles. The minimum Gasteiger partial charge on any atom is -0.383 e. The number of H-pyrrole nitrogens is 1. The molecule has 2 aromatic carbocycles. The van der Waals surface area contributed by atoms with Crippen molar-refractivity contribution in [1.29, 1.82) is 0 Å². The molecule has 0 spiro atoms. The first-order valence-electron chi connectivity index (χ1n) is 8.72. The maximum Gasteiger partial charge on any atom is 0.322 e. The summed E-state index contributed by atoms with van der Waals surface area (Å²) in [5.74, 6) is -0.335. The van der Waals surface area contributed by atoms with Gasteiger partial charge in [0.15, 0.2) is 0 Å². The van der Waals surface area contributed by atoms with Crippen LogP contribution in [0.3, 0.4) is 0 Å². The normalized spacial score (nSPS) is 11.0. The molecule has 27 heavy (non-hydrogen) atoms. The van der Waals surface area contributed by atoms with E-state index in [-0.39, 0.29) is 18.4 Å². The Hall–Kier alpha value is -2.93. The van der Waals surface area contributed by atoms with Gasteiger partial charge in [-0.1, -0.05) is 18.2 Å². The lowest BCUT2D eigenvalue weighted by molar-refractivity contribution is 0.152. The van der Waals surface area contributed by atoms with Gasteiger partial charge >= 0.3 is 6.03 Å². The molecule has 0 aliphatic heterocycles. The number of aromatic nitrogens is 2. The number of benzene rings is 2. The highest BCUT2D eigenvalue weighted by atomic mass is 19.1. The van der Waals surface area contributed by atoms with E-state index in [0.717, 1.165) is 22.2 Å². The molecule has 0 bridgehead atoms. The fraction of sp³-hybridized carbons (Fsp3) is 0.300. The molecular weight excluding hydrogens is 347 g/mol. The van der Waals surface area contributed by atoms with Gasteiger partial charge in [0, 0.05) is 24.9 Å². The smallest absolute Gasteiger partial charge is 0.322 e. The number of ether oxygens (including phenoxy) is 1. The largest absolute Gasteiger partial charge is 0.383 e. The Bertz CT molecular complexity index is 954. The van der Waals surface area contributed by atoms with Gasteiger partial charge < -0.3 is 19.9 Å². The van der Waals surface area contributed by atoms with Crippen molar-refractivity contribution in [3.63, 3.8) is 0 Å². The van der Waals surface area contributed by atoms with Crippen molar-refractivity contribution in [2.24, 2.45) is 0 Å². The van der Waals surface area contributed by atoms with Crippen LogP contribution in [0.4, 0.5) is 14.9 Å². The van der Waals surface area contributed by atoms with Crippen LogP contribution in [0.2, 0.25) is 0 Å². The zero-order valence-electron chi connectivity index (χ0n) is 15.7. The summed E-state index contributed by atoms with van der Waals surface area (Å²) in [5, 5.41) is 2.94. The van der Waals surface area contributed by atoms with Gasteiger partial charge in [-0.2, -0.15) is 0 Å². The Morgan fingerprint density at radius 1 is 1.30 bits per heavy atom. The van der Waals surface area contributed by atoms with Crippen LogP contribution in [0.5, 0.6) is 0 Å². The Morgan fingerprint density at radius 3 is 2.81 bits per heavy atom. The van der Waals surface area contributed by atoms with E-state index in [4.69, 9.17) is 4.74 Å². The second-order valence-electron chi connectivity index (χ2n) is 6.41. The average molecular weight is 370 g/mol. The molecule has 7 heteroatoms. The van der Waals surface area contributed by atoms with Crippen LogP contribution in [0.1, 0.15) is 16.7 Å². The van der Waals surface area contributed by atoms with Crippen molar-refractivity contribution in [3.05, 3.63) is 59.2 Å². The highest BCUT2D eigenvalue weighted by Crippen LogP contribution is 2.26. The van der Waals surface area contributed by atoms with Crippen molar-refractivity contribution < 1.29 is 13.9 Å². The molecule has 0 aliphatic rings. The number of rotatable bonds is 6. The first-order chi connectivity index (χ1) is 13.0. The van der Waals surface area contributed by atoms with Gasteiger partial charge in [-0.15, -0.1) is 0 Å². The molecule has 0 saturated heterocycles. The summed E-state index contributed by atoms with van der Waals surface area (Å²) in [7, 11) is 1.57. The van der Waals surface area contributed by atoms with Crippen molar-refractivity contribution in [3.8, 4) is 0 Å². The summed E-state index contributed by atoms with van der Waals surface area (Å²) < 4.78 is 19.1. The molecule has 0 radical (unpaired) electrons. The van der Waals surface area contributed by atoms with E-state index in [9.17, 15) is 9.18 Å². The fourth-order valence-electron chi connectivity index (χ4n) is 2.96. The van der Waals surface area contributed by atoms with E-state index >= 15 is 0 Å². The number of halogens is 1. The molecule has 3 rings (SSSR count). The van der Waals surface area contributed by atoms with E-state index in [1.807, 2.05) is 19.9 Å². The summed E-state index contributed by atoms with van der Waals surface area (Å²) in [4.78, 5) is 21.8. The summed E-state index contributed by atoms with van der Waals surface area (Å²) in [6, 6.07) is 8.00. The molecule has 0 aliphatic carbocycles. The van der Waals surface area contributed by atoms with Gasteiger partial charge in [-0.05, 0) is 37.1 Å². The van der Waals surface area contributed by atoms with Crippen molar-refractivity contribution >= 4 is 22.8 Å². The van der Waals surface area contributed by atoms with E-state index in [0.29, 0.717) is 24.4 Å². The molecule has 3 aromatic rings. The third kappa shape index (κ3) is 4.09. The van der Waals surface area contributed by atoms with Crippen molar-refractivity contribution in [2.75, 3.05) is 25.6 Å². The predicted molar refractivity (Wildman–Crippen MR) is 103 cm³/mol. The summed E-state index contributed by atoms with van der Waals surface area (Å²) in [5.41, 5.74) is 4.84. The van der Waals surface area contributed by atoms with Gasteiger partial charge in [-0.25, -0.2) is 14.2 Å². The van der Waals surface area contributed by atoms with Crippen LogP contribution in [-0.2, 0) is 11.3 Å². The summed E-state index contributed by atoms with van der Waals surface area (Å²) in [6.07, 6.45) is 1.63. The van der Waals surface area contributed by atoms with Crippen LogP contribution in [0.15, 0.2) is 36.7 Å². The second-order valence-corrected chi connectivity index (χ2v) is 6.41. The number of amides is 2. The standard InChI is InChI=1S/C20H23FN4O2/c1-13-14(2)19-18(22-12-23-19)10-17(13)24-20(26)25(8-9-27-3)11-15-6-4-5-7-16(15)21/h4-7,10,12H,8-9,11H2,1-3H3,(H,22,23)(H,24,26). The highest BCUT2D eigenvalue weighted by Gasteiger charge is 2.18. The maximum atomic E-state index is 14.0. The number of aryl methyl sites for hydroxylation is 1. The monoisotopic (exact) mass is 370 g/mol. The van der Waals surface area contributed by atoms with E-state index in [1.165, 1.54) is 11.0 Å². The predicted octanol–water partition coefficient (Wildman–Crippen LogP) is 4.00. The zero-order valence-corrected chi connectivity index (χ0v) is 15.7. The Kier molecular flexibility index (Phi) is 5.71. The lowest BCUT2D eigenvalue weighted by Crippen LogP contribution is -2.37. The molecule has 0 fully saturated rings. The Balaban J connectivity index is 1.84. The molecule has 2 N–H and O–H groups in total. The molecule has 142 valence electrons. The number of urea groups is 1. The second kappa shape index (κ2) is 8.18. The molecule has 0 atom stereocenters. The average Bonchev–Trinajstić information content (AvgIpc) is 3.13. The number of anilines is 1. The van der Waals surface area contributed by atoms with Crippen molar-refractivity contribution in [1.82, 2.24) is 14.9 Å². The number of fused-ring (bicyclic) bond motifs is 1. The first-order valence-corrected chi connectivity index (χ1v) is 8.72. The number of hydrogen-bond donors (Lipinski definition) is 2. The number of hydrogen-bond acceptors (Lipinski definition) is 3. The summed E-state index contributed by atoms with van der Waals surface area (Å²) >= 11 is 0. The van der Waals surface area contributed by atoms with E-state index in [2.05, 4.69) is 15.3 Å². The van der Waals surface area contributed by atoms with Crippen LogP contribution < -0.4 is 5.32 Å². The van der Waals surface area contributed by atoms with Crippen LogP contribution >= 0.6 is 0 Å². The van der Waals surface area contributed by atoms with Crippen LogP contribution in [-0.4, -0.2) is 41.2 Å². The van der Waals surface area contributed by atoms with E-state index in [1.54, 1.807) is 31.6 Å².